The number of aromatic nitrogens is 1. The predicted octanol–water partition coefficient (Wildman–Crippen LogP) is 4.82. The maximum absolute atomic E-state index is 13.6. The molecular weight excluding hydrogens is 516 g/mol. The minimum absolute atomic E-state index is 0.0845. The Hall–Kier alpha value is -3.95. The van der Waals surface area contributed by atoms with E-state index in [0.717, 1.165) is 17.5 Å². The van der Waals surface area contributed by atoms with Crippen LogP contribution in [0.15, 0.2) is 82.7 Å². The van der Waals surface area contributed by atoms with Gasteiger partial charge in [0.05, 0.1) is 28.7 Å². The van der Waals surface area contributed by atoms with Crippen molar-refractivity contribution in [3.8, 4) is 5.75 Å². The number of methoxy groups -OCH3 is 1. The number of ether oxygens (including phenoxy) is 1. The Kier molecular flexibility index (Phi) is 7.05. The molecule has 1 aliphatic rings. The number of carboxylic acid groups (broad SMARTS) is 1. The number of sulfone groups is 1. The molecule has 3 aromatic carbocycles. The highest BCUT2D eigenvalue weighted by Crippen LogP contribution is 2.39. The highest BCUT2D eigenvalue weighted by molar-refractivity contribution is 7.91. The molecule has 1 saturated heterocycles. The number of nitrogens with zero attached hydrogens (tertiary/aromatic N) is 2. The largest absolute Gasteiger partial charge is 0.497 e. The molecule has 0 radical (unpaired) electrons. The Morgan fingerprint density at radius 3 is 2.38 bits per heavy atom. The quantitative estimate of drug-likeness (QED) is 0.339. The number of aliphatic hydroxyl groups is 1. The van der Waals surface area contributed by atoms with Crippen LogP contribution in [-0.4, -0.2) is 49.8 Å². The lowest BCUT2D eigenvalue weighted by Gasteiger charge is -2.40. The molecule has 0 atom stereocenters. The zero-order valence-electron chi connectivity index (χ0n) is 21.8. The van der Waals surface area contributed by atoms with Crippen molar-refractivity contribution in [2.24, 2.45) is 0 Å². The van der Waals surface area contributed by atoms with Gasteiger partial charge in [0.15, 0.2) is 5.03 Å². The van der Waals surface area contributed by atoms with Crippen molar-refractivity contribution in [1.82, 2.24) is 4.98 Å². The van der Waals surface area contributed by atoms with E-state index in [-0.39, 0.29) is 15.5 Å². The highest BCUT2D eigenvalue weighted by Gasteiger charge is 2.35. The molecule has 9 heteroatoms. The topological polar surface area (TPSA) is 117 Å². The van der Waals surface area contributed by atoms with Crippen LogP contribution in [0.5, 0.6) is 5.75 Å². The van der Waals surface area contributed by atoms with E-state index in [1.807, 2.05) is 36.1 Å². The van der Waals surface area contributed by atoms with Gasteiger partial charge in [0.25, 0.3) is 0 Å². The SMILES string of the molecule is CCc1ccc(S(=O)(=O)c2cc(N3CCC(O)(c4cccc(OC)c4)CC3)c3cc(C(=O)O)ccc3n2)cc1. The first-order chi connectivity index (χ1) is 18.6. The van der Waals surface area contributed by atoms with Crippen LogP contribution in [0.4, 0.5) is 5.69 Å². The van der Waals surface area contributed by atoms with Crippen LogP contribution < -0.4 is 9.64 Å². The molecular formula is C30H30N2O6S. The summed E-state index contributed by atoms with van der Waals surface area (Å²) in [4.78, 5) is 18.3. The molecule has 202 valence electrons. The molecule has 1 aliphatic heterocycles. The fourth-order valence-electron chi connectivity index (χ4n) is 5.06. The fourth-order valence-corrected chi connectivity index (χ4v) is 6.28. The van der Waals surface area contributed by atoms with Gasteiger partial charge in [-0.25, -0.2) is 18.2 Å². The number of hydrogen-bond acceptors (Lipinski definition) is 7. The maximum Gasteiger partial charge on any atom is 0.335 e. The number of hydrogen-bond donors (Lipinski definition) is 2. The van der Waals surface area contributed by atoms with E-state index in [2.05, 4.69) is 4.98 Å². The van der Waals surface area contributed by atoms with Crippen molar-refractivity contribution >= 4 is 32.4 Å². The lowest BCUT2D eigenvalue weighted by Crippen LogP contribution is -2.42. The molecule has 4 aromatic rings. The standard InChI is InChI=1S/C30H30N2O6S/c1-3-20-7-10-24(11-8-20)39(36,37)28-19-27(25-17-21(29(33)34)9-12-26(25)31-28)32-15-13-30(35,14-16-32)22-5-4-6-23(18-22)38-2/h4-12,17-19,35H,3,13-16H2,1-2H3,(H,33,34). The summed E-state index contributed by atoms with van der Waals surface area (Å²) in [5, 5.41) is 21.5. The van der Waals surface area contributed by atoms with Gasteiger partial charge in [0.1, 0.15) is 5.75 Å². The Labute approximate surface area is 227 Å². The maximum atomic E-state index is 13.6. The van der Waals surface area contributed by atoms with Crippen molar-refractivity contribution in [2.75, 3.05) is 25.1 Å². The predicted molar refractivity (Wildman–Crippen MR) is 148 cm³/mol. The van der Waals surface area contributed by atoms with Crippen LogP contribution in [-0.2, 0) is 21.9 Å². The molecule has 0 aliphatic carbocycles. The monoisotopic (exact) mass is 546 g/mol. The number of anilines is 1. The van der Waals surface area contributed by atoms with E-state index < -0.39 is 21.4 Å². The summed E-state index contributed by atoms with van der Waals surface area (Å²) in [6, 6.07) is 20.1. The first kappa shape index (κ1) is 26.6. The Morgan fingerprint density at radius 2 is 1.74 bits per heavy atom. The van der Waals surface area contributed by atoms with Gasteiger partial charge in [-0.05, 0) is 78.9 Å². The van der Waals surface area contributed by atoms with Crippen LogP contribution in [0.25, 0.3) is 10.9 Å². The molecule has 1 fully saturated rings. The molecule has 0 saturated carbocycles. The molecule has 0 unspecified atom stereocenters. The molecule has 8 nitrogen and oxygen atoms in total. The average molecular weight is 547 g/mol. The van der Waals surface area contributed by atoms with Crippen molar-refractivity contribution < 1.29 is 28.2 Å². The molecule has 0 amide bonds. The third kappa shape index (κ3) is 5.07. The van der Waals surface area contributed by atoms with Crippen LogP contribution >= 0.6 is 0 Å². The molecule has 2 heterocycles. The summed E-state index contributed by atoms with van der Waals surface area (Å²) in [5.74, 6) is -0.423. The van der Waals surface area contributed by atoms with E-state index in [9.17, 15) is 23.4 Å². The number of aromatic carboxylic acids is 1. The number of fused-ring (bicyclic) bond motifs is 1. The molecule has 2 N–H and O–H groups in total. The van der Waals surface area contributed by atoms with E-state index >= 15 is 0 Å². The summed E-state index contributed by atoms with van der Waals surface area (Å²) in [6.45, 7) is 2.85. The number of carboxylic acids is 1. The number of rotatable bonds is 7. The van der Waals surface area contributed by atoms with Crippen molar-refractivity contribution in [1.29, 1.82) is 0 Å². The molecule has 0 bridgehead atoms. The summed E-state index contributed by atoms with van der Waals surface area (Å²) >= 11 is 0. The van der Waals surface area contributed by atoms with Crippen LogP contribution in [0.2, 0.25) is 0 Å². The summed E-state index contributed by atoms with van der Waals surface area (Å²) < 4.78 is 32.5. The Morgan fingerprint density at radius 1 is 1.03 bits per heavy atom. The van der Waals surface area contributed by atoms with Crippen molar-refractivity contribution in [3.63, 3.8) is 0 Å². The number of benzene rings is 3. The van der Waals surface area contributed by atoms with Gasteiger partial charge in [-0.3, -0.25) is 0 Å². The highest BCUT2D eigenvalue weighted by atomic mass is 32.2. The summed E-state index contributed by atoms with van der Waals surface area (Å²) in [7, 11) is -2.36. The van der Waals surface area contributed by atoms with Gasteiger partial charge in [-0.1, -0.05) is 31.2 Å². The van der Waals surface area contributed by atoms with Crippen LogP contribution in [0.3, 0.4) is 0 Å². The molecule has 39 heavy (non-hydrogen) atoms. The zero-order valence-corrected chi connectivity index (χ0v) is 22.6. The summed E-state index contributed by atoms with van der Waals surface area (Å²) in [5.41, 5.74) is 1.75. The number of carbonyl (C=O) groups is 1. The van der Waals surface area contributed by atoms with Crippen molar-refractivity contribution in [3.05, 3.63) is 89.5 Å². The minimum Gasteiger partial charge on any atom is -0.497 e. The normalized spacial score (nSPS) is 15.3. The van der Waals surface area contributed by atoms with Gasteiger partial charge in [0, 0.05) is 24.2 Å². The van der Waals surface area contributed by atoms with E-state index in [0.29, 0.717) is 48.3 Å². The third-order valence-corrected chi connectivity index (χ3v) is 9.12. The molecule has 5 rings (SSSR count). The second-order valence-electron chi connectivity index (χ2n) is 9.77. The second-order valence-corrected chi connectivity index (χ2v) is 11.7. The number of aryl methyl sites for hydroxylation is 1. The van der Waals surface area contributed by atoms with Gasteiger partial charge in [-0.2, -0.15) is 0 Å². The van der Waals surface area contributed by atoms with E-state index in [4.69, 9.17) is 4.74 Å². The van der Waals surface area contributed by atoms with Gasteiger partial charge >= 0.3 is 5.97 Å². The number of pyridine rings is 1. The Bertz CT molecular complexity index is 1640. The minimum atomic E-state index is -3.93. The van der Waals surface area contributed by atoms with Gasteiger partial charge < -0.3 is 19.8 Å². The number of piperidine rings is 1. The molecule has 1 aromatic heterocycles. The first-order valence-electron chi connectivity index (χ1n) is 12.8. The van der Waals surface area contributed by atoms with Crippen LogP contribution in [0, 0.1) is 0 Å². The second kappa shape index (κ2) is 10.3. The van der Waals surface area contributed by atoms with Gasteiger partial charge in [-0.15, -0.1) is 0 Å². The smallest absolute Gasteiger partial charge is 0.335 e. The van der Waals surface area contributed by atoms with Crippen molar-refractivity contribution in [2.45, 2.75) is 41.7 Å². The lowest BCUT2D eigenvalue weighted by molar-refractivity contribution is 0.0116. The lowest BCUT2D eigenvalue weighted by atomic mass is 9.84. The first-order valence-corrected chi connectivity index (χ1v) is 14.3. The fraction of sp³-hybridized carbons (Fsp3) is 0.267. The van der Waals surface area contributed by atoms with E-state index in [1.165, 1.54) is 24.3 Å². The Balaban J connectivity index is 1.56. The zero-order chi connectivity index (χ0) is 27.8. The third-order valence-electron chi connectivity index (χ3n) is 7.47. The van der Waals surface area contributed by atoms with Gasteiger partial charge in [0.2, 0.25) is 9.84 Å². The molecule has 0 spiro atoms. The van der Waals surface area contributed by atoms with Crippen LogP contribution in [0.1, 0.15) is 41.3 Å². The van der Waals surface area contributed by atoms with E-state index in [1.54, 1.807) is 31.4 Å². The average Bonchev–Trinajstić information content (AvgIpc) is 2.96. The summed E-state index contributed by atoms with van der Waals surface area (Å²) in [6.07, 6.45) is 1.58.